The number of pyridine rings is 4. The number of carboxylic acids is 1. The molecule has 0 bridgehead atoms. The third-order valence-corrected chi connectivity index (χ3v) is 5.38. The van der Waals surface area contributed by atoms with Gasteiger partial charge in [-0.3, -0.25) is 29.7 Å². The predicted octanol–water partition coefficient (Wildman–Crippen LogP) is 2.08. The van der Waals surface area contributed by atoms with Crippen LogP contribution in [0, 0.1) is 0 Å². The third-order valence-electron chi connectivity index (χ3n) is 5.38. The molecule has 0 aliphatic carbocycles. The second-order valence-electron chi connectivity index (χ2n) is 8.77. The third kappa shape index (κ3) is 14.5. The Bertz CT molecular complexity index is 1020. The number of hydrogen-bond acceptors (Lipinski definition) is 9. The molecule has 0 spiro atoms. The molecule has 0 aliphatic rings. The van der Waals surface area contributed by atoms with Gasteiger partial charge in [-0.25, -0.2) is 0 Å². The molecule has 0 amide bonds. The van der Waals surface area contributed by atoms with E-state index in [0.717, 1.165) is 29.7 Å². The number of rotatable bonds is 12. The van der Waals surface area contributed by atoms with E-state index in [1.165, 1.54) is 0 Å². The first-order chi connectivity index (χ1) is 18.5. The standard InChI is InChI=1S/C27H30N6O.C2H4O2.2Zn/c34-27(21-32(17-23-9-1-5-13-28-23)18-24-10-2-6-14-29-24)22-33(19-25-11-3-7-15-30-25)20-26-12-4-8-16-31-26;1-2(3)4;;/h1-16,27,34H,17-22H2;1H3,(H,3,4);;/p-1. The van der Waals surface area contributed by atoms with Gasteiger partial charge in [0.05, 0.1) is 28.9 Å². The van der Waals surface area contributed by atoms with E-state index in [1.54, 1.807) is 24.8 Å². The number of nitrogens with zero attached hydrogens (tertiary/aromatic N) is 6. The van der Waals surface area contributed by atoms with Crippen molar-refractivity contribution in [1.82, 2.24) is 29.7 Å². The van der Waals surface area contributed by atoms with Gasteiger partial charge in [0.1, 0.15) is 0 Å². The van der Waals surface area contributed by atoms with Gasteiger partial charge < -0.3 is 15.0 Å². The minimum Gasteiger partial charge on any atom is -0.550 e. The summed E-state index contributed by atoms with van der Waals surface area (Å²) in [6.45, 7) is 4.50. The van der Waals surface area contributed by atoms with Crippen molar-refractivity contribution in [2.75, 3.05) is 13.1 Å². The molecule has 0 saturated carbocycles. The summed E-state index contributed by atoms with van der Waals surface area (Å²) in [6.07, 6.45) is 6.62. The smallest absolute Gasteiger partial charge is 0.0794 e. The summed E-state index contributed by atoms with van der Waals surface area (Å²) in [5.41, 5.74) is 3.85. The summed E-state index contributed by atoms with van der Waals surface area (Å²) in [5, 5.41) is 20.0. The van der Waals surface area contributed by atoms with Gasteiger partial charge in [0, 0.05) is 109 Å². The number of hydrogen-bond donors (Lipinski definition) is 1. The maximum atomic E-state index is 11.1. The Morgan fingerprint density at radius 2 is 0.900 bits per heavy atom. The quantitative estimate of drug-likeness (QED) is 0.232. The van der Waals surface area contributed by atoms with Gasteiger partial charge in [-0.05, 0) is 55.5 Å². The van der Waals surface area contributed by atoms with E-state index in [-0.39, 0.29) is 39.0 Å². The first-order valence-electron chi connectivity index (χ1n) is 12.4. The number of aliphatic hydroxyl groups excluding tert-OH is 1. The van der Waals surface area contributed by atoms with Crippen molar-refractivity contribution in [3.8, 4) is 0 Å². The first-order valence-corrected chi connectivity index (χ1v) is 12.4. The van der Waals surface area contributed by atoms with Gasteiger partial charge in [0.2, 0.25) is 0 Å². The topological polar surface area (TPSA) is 118 Å². The van der Waals surface area contributed by atoms with E-state index in [0.29, 0.717) is 39.3 Å². The second kappa shape index (κ2) is 20.1. The molecule has 1 N–H and O–H groups in total. The van der Waals surface area contributed by atoms with E-state index in [4.69, 9.17) is 9.90 Å². The Kier molecular flexibility index (Phi) is 17.7. The normalized spacial score (nSPS) is 10.3. The molecule has 0 saturated heterocycles. The molecule has 9 nitrogen and oxygen atoms in total. The van der Waals surface area contributed by atoms with Crippen LogP contribution in [0.15, 0.2) is 97.6 Å². The van der Waals surface area contributed by atoms with Crippen molar-refractivity contribution in [3.63, 3.8) is 0 Å². The molecule has 4 heterocycles. The predicted molar refractivity (Wildman–Crippen MR) is 142 cm³/mol. The zero-order valence-electron chi connectivity index (χ0n) is 22.9. The number of carbonyl (C=O) groups excluding carboxylic acids is 1. The van der Waals surface area contributed by atoms with Gasteiger partial charge >= 0.3 is 0 Å². The van der Waals surface area contributed by atoms with E-state index in [1.807, 2.05) is 72.8 Å². The number of aliphatic carboxylic acids is 1. The minimum atomic E-state index is -1.08. The number of carbonyl (C=O) groups is 1. The summed E-state index contributed by atoms with van der Waals surface area (Å²) in [6, 6.07) is 23.6. The average molecular weight is 644 g/mol. The molecule has 0 unspecified atom stereocenters. The van der Waals surface area contributed by atoms with Crippen molar-refractivity contribution in [2.45, 2.75) is 39.2 Å². The van der Waals surface area contributed by atoms with Crippen LogP contribution in [0.3, 0.4) is 0 Å². The molecule has 0 fully saturated rings. The molecular weight excluding hydrogens is 611 g/mol. The number of carboxylic acid groups (broad SMARTS) is 1. The Morgan fingerprint density at radius 1 is 0.650 bits per heavy atom. The second-order valence-corrected chi connectivity index (χ2v) is 8.77. The van der Waals surface area contributed by atoms with E-state index < -0.39 is 12.1 Å². The summed E-state index contributed by atoms with van der Waals surface area (Å²) in [7, 11) is 0. The molecule has 0 atom stereocenters. The number of aromatic nitrogens is 4. The Hall–Kier alpha value is -2.80. The molecule has 11 heteroatoms. The SMILES string of the molecule is CC(=O)[O-].OC(CN(Cc1ccccn1)Cc1ccccn1)CN(Cc1ccccn1)Cc1ccccn1.[Zn].[Zn]. The molecular formula is C29H33N6O3Zn2-. The molecule has 4 rings (SSSR count). The average Bonchev–Trinajstić information content (AvgIpc) is 2.90. The van der Waals surface area contributed by atoms with Crippen LogP contribution in [0.25, 0.3) is 0 Å². The van der Waals surface area contributed by atoms with Crippen LogP contribution in [0.5, 0.6) is 0 Å². The van der Waals surface area contributed by atoms with Gasteiger partial charge in [-0.15, -0.1) is 0 Å². The number of aliphatic hydroxyl groups is 1. The van der Waals surface area contributed by atoms with E-state index in [2.05, 4.69) is 29.7 Å². The molecule has 0 aromatic carbocycles. The van der Waals surface area contributed by atoms with Gasteiger partial charge in [0.25, 0.3) is 0 Å². The molecule has 0 radical (unpaired) electrons. The van der Waals surface area contributed by atoms with Gasteiger partial charge in [-0.1, -0.05) is 24.3 Å². The van der Waals surface area contributed by atoms with Crippen molar-refractivity contribution in [3.05, 3.63) is 120 Å². The van der Waals surface area contributed by atoms with Crippen LogP contribution in [0.1, 0.15) is 29.7 Å². The largest absolute Gasteiger partial charge is 0.550 e. The monoisotopic (exact) mass is 641 g/mol. The molecule has 0 aliphatic heterocycles. The fraction of sp³-hybridized carbons (Fsp3) is 0.276. The molecule has 4 aromatic rings. The molecule has 4 aromatic heterocycles. The van der Waals surface area contributed by atoms with E-state index >= 15 is 0 Å². The molecule has 202 valence electrons. The Balaban J connectivity index is 0.00000125. The summed E-state index contributed by atoms with van der Waals surface area (Å²) >= 11 is 0. The zero-order valence-corrected chi connectivity index (χ0v) is 28.9. The van der Waals surface area contributed by atoms with Gasteiger partial charge in [-0.2, -0.15) is 0 Å². The van der Waals surface area contributed by atoms with Crippen LogP contribution >= 0.6 is 0 Å². The van der Waals surface area contributed by atoms with Crippen LogP contribution in [0.4, 0.5) is 0 Å². The van der Waals surface area contributed by atoms with Crippen LogP contribution < -0.4 is 5.11 Å². The van der Waals surface area contributed by atoms with Crippen molar-refractivity contribution >= 4 is 5.97 Å². The van der Waals surface area contributed by atoms with Crippen molar-refractivity contribution < 1.29 is 54.0 Å². The first kappa shape index (κ1) is 35.2. The summed E-state index contributed by atoms with van der Waals surface area (Å²) in [4.78, 5) is 31.1. The summed E-state index contributed by atoms with van der Waals surface area (Å²) < 4.78 is 0. The van der Waals surface area contributed by atoms with E-state index in [9.17, 15) is 5.11 Å². The minimum absolute atomic E-state index is 0. The molecule has 40 heavy (non-hydrogen) atoms. The maximum Gasteiger partial charge on any atom is 0.0794 e. The zero-order chi connectivity index (χ0) is 27.0. The fourth-order valence-corrected chi connectivity index (χ4v) is 3.91. The Labute approximate surface area is 261 Å². The maximum absolute atomic E-state index is 11.1. The van der Waals surface area contributed by atoms with Crippen LogP contribution in [-0.4, -0.2) is 60.0 Å². The van der Waals surface area contributed by atoms with Crippen LogP contribution in [-0.2, 0) is 69.9 Å². The van der Waals surface area contributed by atoms with Crippen molar-refractivity contribution in [2.24, 2.45) is 0 Å². The Morgan fingerprint density at radius 3 is 1.10 bits per heavy atom. The summed E-state index contributed by atoms with van der Waals surface area (Å²) in [5.74, 6) is -1.08. The van der Waals surface area contributed by atoms with Crippen LogP contribution in [0.2, 0.25) is 0 Å². The van der Waals surface area contributed by atoms with Gasteiger partial charge in [0.15, 0.2) is 0 Å². The van der Waals surface area contributed by atoms with Crippen molar-refractivity contribution in [1.29, 1.82) is 0 Å². The fourth-order valence-electron chi connectivity index (χ4n) is 3.91.